The number of carboxylic acid groups (broad SMARTS) is 1. The normalized spacial score (nSPS) is 23.0. The van der Waals surface area contributed by atoms with Gasteiger partial charge in [-0.2, -0.15) is 17.0 Å². The van der Waals surface area contributed by atoms with Crippen molar-refractivity contribution in [3.8, 4) is 0 Å². The van der Waals surface area contributed by atoms with Gasteiger partial charge in [0.25, 0.3) is 10.2 Å². The number of rotatable bonds is 5. The maximum atomic E-state index is 12.5. The van der Waals surface area contributed by atoms with E-state index in [1.807, 2.05) is 0 Å². The third-order valence-electron chi connectivity index (χ3n) is 3.62. The Hall–Kier alpha value is -0.700. The Morgan fingerprint density at radius 3 is 2.37 bits per heavy atom. The summed E-state index contributed by atoms with van der Waals surface area (Å²) in [7, 11) is -3.70. The van der Waals surface area contributed by atoms with Gasteiger partial charge < -0.3 is 9.84 Å². The Balaban J connectivity index is 2.17. The fourth-order valence-corrected chi connectivity index (χ4v) is 4.42. The molecule has 8 heteroatoms. The number of nitrogens with zero attached hydrogens (tertiary/aromatic N) is 2. The van der Waals surface area contributed by atoms with Crippen molar-refractivity contribution < 1.29 is 23.1 Å². The fraction of sp³-hybridized carbons (Fsp3) is 0.909. The van der Waals surface area contributed by atoms with Gasteiger partial charge in [-0.3, -0.25) is 4.79 Å². The number of ether oxygens (including phenoxy) is 1. The summed E-state index contributed by atoms with van der Waals surface area (Å²) in [6.07, 6.45) is 3.41. The molecule has 0 aromatic rings. The largest absolute Gasteiger partial charge is 0.480 e. The second kappa shape index (κ2) is 6.17. The van der Waals surface area contributed by atoms with Crippen LogP contribution in [0.25, 0.3) is 0 Å². The molecule has 0 atom stereocenters. The zero-order chi connectivity index (χ0) is 13.9. The molecule has 0 bridgehead atoms. The minimum atomic E-state index is -3.70. The van der Waals surface area contributed by atoms with Crippen LogP contribution in [0.2, 0.25) is 0 Å². The van der Waals surface area contributed by atoms with Crippen molar-refractivity contribution in [2.24, 2.45) is 0 Å². The van der Waals surface area contributed by atoms with Crippen LogP contribution in [-0.4, -0.2) is 67.0 Å². The predicted octanol–water partition coefficient (Wildman–Crippen LogP) is -0.107. The lowest BCUT2D eigenvalue weighted by Crippen LogP contribution is -2.52. The van der Waals surface area contributed by atoms with Crippen LogP contribution < -0.4 is 0 Å². The molecule has 0 radical (unpaired) electrons. The lowest BCUT2D eigenvalue weighted by molar-refractivity contribution is -0.137. The highest BCUT2D eigenvalue weighted by Gasteiger charge is 2.38. The maximum absolute atomic E-state index is 12.5. The van der Waals surface area contributed by atoms with Gasteiger partial charge in [0, 0.05) is 19.1 Å². The maximum Gasteiger partial charge on any atom is 0.318 e. The Morgan fingerprint density at radius 1 is 1.26 bits per heavy atom. The number of carbonyl (C=O) groups is 1. The van der Waals surface area contributed by atoms with Gasteiger partial charge in [0.1, 0.15) is 6.54 Å². The molecular weight excluding hydrogens is 272 g/mol. The summed E-state index contributed by atoms with van der Waals surface area (Å²) < 4.78 is 32.7. The van der Waals surface area contributed by atoms with Crippen LogP contribution in [0.1, 0.15) is 25.7 Å². The zero-order valence-electron chi connectivity index (χ0n) is 10.8. The Labute approximate surface area is 113 Å². The van der Waals surface area contributed by atoms with Crippen LogP contribution in [0, 0.1) is 0 Å². The quantitative estimate of drug-likeness (QED) is 0.764. The van der Waals surface area contributed by atoms with Gasteiger partial charge >= 0.3 is 5.97 Å². The molecule has 2 fully saturated rings. The average Bonchev–Trinajstić information content (AvgIpc) is 2.90. The summed E-state index contributed by atoms with van der Waals surface area (Å²) in [6.45, 7) is 0.871. The second-order valence-corrected chi connectivity index (χ2v) is 6.78. The molecule has 2 rings (SSSR count). The Morgan fingerprint density at radius 2 is 1.84 bits per heavy atom. The molecule has 19 heavy (non-hydrogen) atoms. The first-order valence-corrected chi connectivity index (χ1v) is 7.98. The molecule has 1 aliphatic heterocycles. The zero-order valence-corrected chi connectivity index (χ0v) is 11.6. The molecule has 0 amide bonds. The van der Waals surface area contributed by atoms with Crippen LogP contribution in [0.5, 0.6) is 0 Å². The van der Waals surface area contributed by atoms with Crippen molar-refractivity contribution in [1.29, 1.82) is 0 Å². The van der Waals surface area contributed by atoms with E-state index in [2.05, 4.69) is 0 Å². The van der Waals surface area contributed by atoms with Gasteiger partial charge in [0.05, 0.1) is 13.2 Å². The van der Waals surface area contributed by atoms with E-state index in [-0.39, 0.29) is 6.04 Å². The SMILES string of the molecule is O=C(O)CN(C1CCCC1)S(=O)(=O)N1CCOCC1. The molecule has 1 saturated heterocycles. The third-order valence-corrected chi connectivity index (χ3v) is 5.65. The lowest BCUT2D eigenvalue weighted by atomic mass is 10.2. The minimum Gasteiger partial charge on any atom is -0.480 e. The monoisotopic (exact) mass is 292 g/mol. The number of hydrogen-bond acceptors (Lipinski definition) is 4. The smallest absolute Gasteiger partial charge is 0.318 e. The van der Waals surface area contributed by atoms with E-state index < -0.39 is 22.7 Å². The minimum absolute atomic E-state index is 0.177. The Kier molecular flexibility index (Phi) is 4.77. The summed E-state index contributed by atoms with van der Waals surface area (Å²) in [5.74, 6) is -1.11. The van der Waals surface area contributed by atoms with Crippen LogP contribution in [0.15, 0.2) is 0 Å². The van der Waals surface area contributed by atoms with Gasteiger partial charge in [-0.1, -0.05) is 12.8 Å². The molecule has 1 aliphatic carbocycles. The molecule has 1 heterocycles. The van der Waals surface area contributed by atoms with Crippen LogP contribution in [0.4, 0.5) is 0 Å². The van der Waals surface area contributed by atoms with Crippen molar-refractivity contribution in [1.82, 2.24) is 8.61 Å². The van der Waals surface area contributed by atoms with E-state index in [9.17, 15) is 13.2 Å². The first-order valence-electron chi connectivity index (χ1n) is 6.58. The highest BCUT2D eigenvalue weighted by Crippen LogP contribution is 2.27. The standard InChI is InChI=1S/C11H20N2O5S/c14-11(15)9-13(10-3-1-2-4-10)19(16,17)12-5-7-18-8-6-12/h10H,1-9H2,(H,14,15). The first kappa shape index (κ1) is 14.7. The summed E-state index contributed by atoms with van der Waals surface area (Å²) in [5.41, 5.74) is 0. The van der Waals surface area contributed by atoms with Crippen LogP contribution >= 0.6 is 0 Å². The molecule has 1 N–H and O–H groups in total. The van der Waals surface area contributed by atoms with Crippen molar-refractivity contribution in [3.05, 3.63) is 0 Å². The Bertz CT molecular complexity index is 413. The van der Waals surface area contributed by atoms with E-state index in [0.717, 1.165) is 30.0 Å². The average molecular weight is 292 g/mol. The molecule has 2 aliphatic rings. The number of carboxylic acids is 1. The predicted molar refractivity (Wildman–Crippen MR) is 67.9 cm³/mol. The van der Waals surface area contributed by atoms with E-state index in [0.29, 0.717) is 26.3 Å². The van der Waals surface area contributed by atoms with Crippen LogP contribution in [0.3, 0.4) is 0 Å². The van der Waals surface area contributed by atoms with E-state index in [1.165, 1.54) is 4.31 Å². The van der Waals surface area contributed by atoms with Crippen molar-refractivity contribution in [3.63, 3.8) is 0 Å². The number of aliphatic carboxylic acids is 1. The van der Waals surface area contributed by atoms with E-state index in [1.54, 1.807) is 0 Å². The molecule has 0 spiro atoms. The molecule has 110 valence electrons. The second-order valence-electron chi connectivity index (χ2n) is 4.90. The lowest BCUT2D eigenvalue weighted by Gasteiger charge is -2.34. The van der Waals surface area contributed by atoms with Crippen molar-refractivity contribution in [2.75, 3.05) is 32.8 Å². The molecular formula is C11H20N2O5S. The molecule has 0 aromatic heterocycles. The topological polar surface area (TPSA) is 87.2 Å². The number of hydrogen-bond donors (Lipinski definition) is 1. The summed E-state index contributed by atoms with van der Waals surface area (Å²) in [6, 6.07) is -0.177. The van der Waals surface area contributed by atoms with E-state index in [4.69, 9.17) is 9.84 Å². The molecule has 0 unspecified atom stereocenters. The molecule has 1 saturated carbocycles. The summed E-state index contributed by atoms with van der Waals surface area (Å²) in [4.78, 5) is 10.9. The van der Waals surface area contributed by atoms with Gasteiger partial charge in [0.15, 0.2) is 0 Å². The van der Waals surface area contributed by atoms with Crippen LogP contribution in [-0.2, 0) is 19.7 Å². The number of morpholine rings is 1. The highest BCUT2D eigenvalue weighted by atomic mass is 32.2. The fourth-order valence-electron chi connectivity index (χ4n) is 2.65. The molecule has 0 aromatic carbocycles. The summed E-state index contributed by atoms with van der Waals surface area (Å²) >= 11 is 0. The van der Waals surface area contributed by atoms with Gasteiger partial charge in [0.2, 0.25) is 0 Å². The van der Waals surface area contributed by atoms with Gasteiger partial charge in [-0.25, -0.2) is 0 Å². The summed E-state index contributed by atoms with van der Waals surface area (Å²) in [5, 5.41) is 8.96. The van der Waals surface area contributed by atoms with Crippen molar-refractivity contribution in [2.45, 2.75) is 31.7 Å². The van der Waals surface area contributed by atoms with Gasteiger partial charge in [-0.15, -0.1) is 0 Å². The molecule has 7 nitrogen and oxygen atoms in total. The van der Waals surface area contributed by atoms with E-state index >= 15 is 0 Å². The van der Waals surface area contributed by atoms with Gasteiger partial charge in [-0.05, 0) is 12.8 Å². The third kappa shape index (κ3) is 3.44. The first-order chi connectivity index (χ1) is 9.01. The van der Waals surface area contributed by atoms with Crippen molar-refractivity contribution >= 4 is 16.2 Å². The highest BCUT2D eigenvalue weighted by molar-refractivity contribution is 7.86.